The quantitative estimate of drug-likeness (QED) is 0.277. The number of hydrogen-bond acceptors (Lipinski definition) is 7. The van der Waals surface area contributed by atoms with Gasteiger partial charge in [0.2, 0.25) is 0 Å². The average Bonchev–Trinajstić information content (AvgIpc) is 3.42. The maximum atomic E-state index is 13.8. The van der Waals surface area contributed by atoms with Gasteiger partial charge in [-0.3, -0.25) is 19.4 Å². The van der Waals surface area contributed by atoms with Crippen molar-refractivity contribution in [1.82, 2.24) is 9.88 Å². The molecule has 0 unspecified atom stereocenters. The van der Waals surface area contributed by atoms with Gasteiger partial charge in [-0.2, -0.15) is 0 Å². The van der Waals surface area contributed by atoms with Crippen molar-refractivity contribution in [3.63, 3.8) is 0 Å². The Hall–Kier alpha value is -3.59. The van der Waals surface area contributed by atoms with E-state index in [2.05, 4.69) is 4.90 Å². The lowest BCUT2D eigenvalue weighted by Crippen LogP contribution is -2.39. The van der Waals surface area contributed by atoms with Crippen LogP contribution in [0, 0.1) is 6.92 Å². The summed E-state index contributed by atoms with van der Waals surface area (Å²) in [4.78, 5) is 35.7. The van der Waals surface area contributed by atoms with Crippen LogP contribution in [0.1, 0.15) is 38.3 Å². The fourth-order valence-corrected chi connectivity index (χ4v) is 5.69. The van der Waals surface area contributed by atoms with Gasteiger partial charge < -0.3 is 9.47 Å². The summed E-state index contributed by atoms with van der Waals surface area (Å²) in [6, 6.07) is 20.0. The molecule has 3 aromatic carbocycles. The number of amides is 1. The number of anilines is 1. The van der Waals surface area contributed by atoms with Gasteiger partial charge in [-0.15, -0.1) is 0 Å². The molecule has 4 aromatic rings. The lowest BCUT2D eigenvalue weighted by atomic mass is 10.0. The van der Waals surface area contributed by atoms with E-state index in [1.165, 1.54) is 11.3 Å². The number of fused-ring (bicyclic) bond motifs is 1. The van der Waals surface area contributed by atoms with Gasteiger partial charge in [0.05, 0.1) is 25.0 Å². The third-order valence-corrected chi connectivity index (χ3v) is 7.99. The number of methoxy groups -OCH3 is 1. The number of benzene rings is 3. The molecular formula is C30H31N3O4S. The molecule has 0 bridgehead atoms. The molecule has 0 aliphatic carbocycles. The standard InChI is InChI=1S/C30H31N3O4S/c1-21-9-14-25(36-2)26-28(21)38-30(31-26)33(16-6-15-32-17-19-37-20-18-32)29(35)24-12-10-23(11-13-24)27(34)22-7-4-3-5-8-22/h3-5,7-14H,6,15-20H2,1-2H3. The van der Waals surface area contributed by atoms with Crippen LogP contribution in [0.5, 0.6) is 5.75 Å². The monoisotopic (exact) mass is 529 g/mol. The molecule has 0 N–H and O–H groups in total. The molecule has 0 radical (unpaired) electrons. The number of rotatable bonds is 9. The van der Waals surface area contributed by atoms with Gasteiger partial charge in [0.25, 0.3) is 5.91 Å². The molecule has 0 saturated carbocycles. The highest BCUT2D eigenvalue weighted by Crippen LogP contribution is 2.37. The molecule has 196 valence electrons. The lowest BCUT2D eigenvalue weighted by molar-refractivity contribution is 0.0376. The lowest BCUT2D eigenvalue weighted by Gasteiger charge is -2.27. The summed E-state index contributed by atoms with van der Waals surface area (Å²) < 4.78 is 12.0. The molecule has 38 heavy (non-hydrogen) atoms. The van der Waals surface area contributed by atoms with E-state index in [0.717, 1.165) is 55.0 Å². The maximum Gasteiger partial charge on any atom is 0.260 e. The minimum atomic E-state index is -0.138. The van der Waals surface area contributed by atoms with Crippen molar-refractivity contribution >= 4 is 38.4 Å². The van der Waals surface area contributed by atoms with Gasteiger partial charge in [0.15, 0.2) is 10.9 Å². The number of nitrogens with zero attached hydrogens (tertiary/aromatic N) is 3. The maximum absolute atomic E-state index is 13.8. The molecule has 0 atom stereocenters. The summed E-state index contributed by atoms with van der Waals surface area (Å²) in [6.45, 7) is 6.75. The molecule has 0 spiro atoms. The Labute approximate surface area is 226 Å². The summed E-state index contributed by atoms with van der Waals surface area (Å²) in [5.74, 6) is 0.486. The Kier molecular flexibility index (Phi) is 8.12. The first kappa shape index (κ1) is 26.0. The summed E-state index contributed by atoms with van der Waals surface area (Å²) in [5.41, 5.74) is 3.54. The molecule has 5 rings (SSSR count). The highest BCUT2D eigenvalue weighted by molar-refractivity contribution is 7.22. The van der Waals surface area contributed by atoms with E-state index in [9.17, 15) is 9.59 Å². The fourth-order valence-electron chi connectivity index (χ4n) is 4.62. The Morgan fingerprint density at radius 1 is 0.974 bits per heavy atom. The summed E-state index contributed by atoms with van der Waals surface area (Å²) in [5, 5.41) is 0.643. The van der Waals surface area contributed by atoms with Crippen molar-refractivity contribution in [1.29, 1.82) is 0 Å². The van der Waals surface area contributed by atoms with E-state index >= 15 is 0 Å². The predicted octanol–water partition coefficient (Wildman–Crippen LogP) is 5.21. The van der Waals surface area contributed by atoms with Crippen molar-refractivity contribution in [2.45, 2.75) is 13.3 Å². The van der Waals surface area contributed by atoms with Crippen molar-refractivity contribution in [3.05, 3.63) is 89.0 Å². The SMILES string of the molecule is COc1ccc(C)c2sc(N(CCCN3CCOCC3)C(=O)c3ccc(C(=O)c4ccccc4)cc3)nc12. The Morgan fingerprint density at radius 2 is 1.66 bits per heavy atom. The zero-order valence-electron chi connectivity index (χ0n) is 21.7. The Morgan fingerprint density at radius 3 is 2.37 bits per heavy atom. The first-order valence-corrected chi connectivity index (χ1v) is 13.6. The van der Waals surface area contributed by atoms with E-state index < -0.39 is 0 Å². The van der Waals surface area contributed by atoms with Gasteiger partial charge in [-0.25, -0.2) is 4.98 Å². The number of carbonyl (C=O) groups excluding carboxylic acids is 2. The molecule has 7 nitrogen and oxygen atoms in total. The zero-order valence-corrected chi connectivity index (χ0v) is 22.5. The van der Waals surface area contributed by atoms with E-state index in [0.29, 0.717) is 34.1 Å². The Balaban J connectivity index is 1.41. The number of thiazole rings is 1. The summed E-state index contributed by atoms with van der Waals surface area (Å²) >= 11 is 1.50. The molecule has 1 aliphatic heterocycles. The first-order chi connectivity index (χ1) is 18.5. The van der Waals surface area contributed by atoms with Crippen LogP contribution >= 0.6 is 11.3 Å². The molecule has 1 amide bonds. The van der Waals surface area contributed by atoms with Crippen LogP contribution in [0.2, 0.25) is 0 Å². The third-order valence-electron chi connectivity index (χ3n) is 6.78. The normalized spacial score (nSPS) is 13.9. The van der Waals surface area contributed by atoms with Crippen LogP contribution in [-0.4, -0.2) is 68.1 Å². The van der Waals surface area contributed by atoms with E-state index in [1.54, 1.807) is 48.4 Å². The van der Waals surface area contributed by atoms with Crippen LogP contribution in [0.25, 0.3) is 10.2 Å². The second-order valence-corrected chi connectivity index (χ2v) is 10.3. The highest BCUT2D eigenvalue weighted by Gasteiger charge is 2.24. The molecule has 1 aromatic heterocycles. The number of morpholine rings is 1. The van der Waals surface area contributed by atoms with Crippen LogP contribution in [0.15, 0.2) is 66.7 Å². The predicted molar refractivity (Wildman–Crippen MR) is 151 cm³/mol. The summed E-state index contributed by atoms with van der Waals surface area (Å²) in [6.07, 6.45) is 0.808. The average molecular weight is 530 g/mol. The van der Waals surface area contributed by atoms with Crippen LogP contribution in [0.4, 0.5) is 5.13 Å². The van der Waals surface area contributed by atoms with Crippen molar-refractivity contribution in [3.8, 4) is 5.75 Å². The summed E-state index contributed by atoms with van der Waals surface area (Å²) in [7, 11) is 1.63. The van der Waals surface area contributed by atoms with Crippen LogP contribution in [-0.2, 0) is 4.74 Å². The molecule has 2 heterocycles. The largest absolute Gasteiger partial charge is 0.494 e. The van der Waals surface area contributed by atoms with Crippen molar-refractivity contribution in [2.75, 3.05) is 51.4 Å². The second kappa shape index (κ2) is 11.9. The van der Waals surface area contributed by atoms with Gasteiger partial charge in [-0.05, 0) is 37.1 Å². The van der Waals surface area contributed by atoms with Crippen LogP contribution < -0.4 is 9.64 Å². The Bertz CT molecular complexity index is 1410. The van der Waals surface area contributed by atoms with Crippen molar-refractivity contribution in [2.24, 2.45) is 0 Å². The number of aryl methyl sites for hydroxylation is 1. The molecule has 8 heteroatoms. The number of ether oxygens (including phenoxy) is 2. The van der Waals surface area contributed by atoms with Gasteiger partial charge in [0, 0.05) is 42.9 Å². The highest BCUT2D eigenvalue weighted by atomic mass is 32.1. The zero-order chi connectivity index (χ0) is 26.5. The van der Waals surface area contributed by atoms with E-state index in [1.807, 2.05) is 37.3 Å². The van der Waals surface area contributed by atoms with Crippen LogP contribution in [0.3, 0.4) is 0 Å². The number of hydrogen-bond donors (Lipinski definition) is 0. The smallest absolute Gasteiger partial charge is 0.260 e. The number of aromatic nitrogens is 1. The molecule has 1 aliphatic rings. The minimum absolute atomic E-state index is 0.0688. The topological polar surface area (TPSA) is 72.0 Å². The fraction of sp³-hybridized carbons (Fsp3) is 0.300. The van der Waals surface area contributed by atoms with Gasteiger partial charge in [0.1, 0.15) is 11.3 Å². The number of ketones is 1. The molecular weight excluding hydrogens is 498 g/mol. The first-order valence-electron chi connectivity index (χ1n) is 12.8. The molecule has 1 saturated heterocycles. The molecule has 1 fully saturated rings. The van der Waals surface area contributed by atoms with E-state index in [-0.39, 0.29) is 11.7 Å². The van der Waals surface area contributed by atoms with Gasteiger partial charge >= 0.3 is 0 Å². The number of carbonyl (C=O) groups is 2. The minimum Gasteiger partial charge on any atom is -0.494 e. The van der Waals surface area contributed by atoms with Crippen molar-refractivity contribution < 1.29 is 19.1 Å². The van der Waals surface area contributed by atoms with E-state index in [4.69, 9.17) is 14.5 Å². The van der Waals surface area contributed by atoms with Gasteiger partial charge in [-0.1, -0.05) is 59.9 Å². The third kappa shape index (κ3) is 5.62. The second-order valence-electron chi connectivity index (χ2n) is 9.30.